The molecule has 0 aliphatic heterocycles. The molecule has 1 aliphatic carbocycles. The highest BCUT2D eigenvalue weighted by Gasteiger charge is 2.36. The summed E-state index contributed by atoms with van der Waals surface area (Å²) in [7, 11) is 0. The molecule has 152 valence electrons. The summed E-state index contributed by atoms with van der Waals surface area (Å²) in [6.45, 7) is 0.317. The van der Waals surface area contributed by atoms with Gasteiger partial charge in [-0.15, -0.1) is 12.4 Å². The first kappa shape index (κ1) is 21.0. The van der Waals surface area contributed by atoms with Gasteiger partial charge in [-0.2, -0.15) is 5.10 Å². The van der Waals surface area contributed by atoms with Crippen LogP contribution in [0.25, 0.3) is 16.9 Å². The van der Waals surface area contributed by atoms with Gasteiger partial charge in [0.1, 0.15) is 5.82 Å². The summed E-state index contributed by atoms with van der Waals surface area (Å²) in [6.07, 6.45) is 5.29. The number of carbonyl (C=O) groups excluding carboxylic acids is 1. The number of amides is 1. The molecule has 0 unspecified atom stereocenters. The number of carbonyl (C=O) groups is 1. The lowest BCUT2D eigenvalue weighted by Crippen LogP contribution is -2.51. The van der Waals surface area contributed by atoms with Gasteiger partial charge in [-0.3, -0.25) is 4.79 Å². The first-order valence-electron chi connectivity index (χ1n) is 9.52. The SMILES string of the molecule is Cl.NC1(C(=O)NCc2cn(-c3ccccc3)nc2-c2ccc(F)cc2)CCCC1. The molecule has 1 aliphatic rings. The largest absolute Gasteiger partial charge is 0.350 e. The maximum Gasteiger partial charge on any atom is 0.240 e. The van der Waals surface area contributed by atoms with E-state index in [0.29, 0.717) is 25.1 Å². The quantitative estimate of drug-likeness (QED) is 0.663. The molecule has 0 spiro atoms. The molecular formula is C22H24ClFN4O. The smallest absolute Gasteiger partial charge is 0.240 e. The third-order valence-corrected chi connectivity index (χ3v) is 5.32. The van der Waals surface area contributed by atoms with Crippen molar-refractivity contribution in [2.45, 2.75) is 37.8 Å². The molecule has 1 fully saturated rings. The van der Waals surface area contributed by atoms with Crippen LogP contribution in [0.4, 0.5) is 4.39 Å². The maximum atomic E-state index is 13.3. The van der Waals surface area contributed by atoms with Gasteiger partial charge in [0.15, 0.2) is 0 Å². The van der Waals surface area contributed by atoms with Crippen LogP contribution in [0.5, 0.6) is 0 Å². The predicted octanol–water partition coefficient (Wildman–Crippen LogP) is 3.99. The highest BCUT2D eigenvalue weighted by atomic mass is 35.5. The van der Waals surface area contributed by atoms with Crippen LogP contribution in [0.2, 0.25) is 0 Å². The molecule has 2 aromatic carbocycles. The number of benzene rings is 2. The summed E-state index contributed by atoms with van der Waals surface area (Å²) in [6, 6.07) is 15.9. The first-order chi connectivity index (χ1) is 13.5. The van der Waals surface area contributed by atoms with Crippen molar-refractivity contribution in [2.24, 2.45) is 5.73 Å². The van der Waals surface area contributed by atoms with Crippen LogP contribution in [0.15, 0.2) is 60.8 Å². The zero-order valence-corrected chi connectivity index (χ0v) is 16.8. The number of halogens is 2. The number of hydrogen-bond acceptors (Lipinski definition) is 3. The van der Waals surface area contributed by atoms with Crippen molar-refractivity contribution in [1.82, 2.24) is 15.1 Å². The molecular weight excluding hydrogens is 391 g/mol. The summed E-state index contributed by atoms with van der Waals surface area (Å²) >= 11 is 0. The monoisotopic (exact) mass is 414 g/mol. The van der Waals surface area contributed by atoms with Gasteiger partial charge in [0.05, 0.1) is 16.9 Å². The van der Waals surface area contributed by atoms with Crippen molar-refractivity contribution in [3.63, 3.8) is 0 Å². The van der Waals surface area contributed by atoms with E-state index >= 15 is 0 Å². The Kier molecular flexibility index (Phi) is 6.35. The Morgan fingerprint density at radius 2 is 1.76 bits per heavy atom. The minimum absolute atomic E-state index is 0. The molecule has 0 radical (unpaired) electrons. The molecule has 7 heteroatoms. The molecule has 1 saturated carbocycles. The van der Waals surface area contributed by atoms with Crippen LogP contribution in [0, 0.1) is 5.82 Å². The number of para-hydroxylation sites is 1. The van der Waals surface area contributed by atoms with Crippen molar-refractivity contribution in [3.05, 3.63) is 72.2 Å². The van der Waals surface area contributed by atoms with Crippen molar-refractivity contribution >= 4 is 18.3 Å². The molecule has 0 saturated heterocycles. The average molecular weight is 415 g/mol. The standard InChI is InChI=1S/C22H23FN4O.ClH/c23-18-10-8-16(9-11-18)20-17(14-25-21(28)22(24)12-4-5-13-22)15-27(26-20)19-6-2-1-3-7-19;/h1-3,6-11,15H,4-5,12-14,24H2,(H,25,28);1H. The molecule has 1 heterocycles. The minimum atomic E-state index is -0.772. The lowest BCUT2D eigenvalue weighted by molar-refractivity contribution is -0.126. The summed E-state index contributed by atoms with van der Waals surface area (Å²) in [5.41, 5.74) is 8.75. The Morgan fingerprint density at radius 3 is 2.41 bits per heavy atom. The number of aromatic nitrogens is 2. The first-order valence-corrected chi connectivity index (χ1v) is 9.52. The molecule has 1 aromatic heterocycles. The summed E-state index contributed by atoms with van der Waals surface area (Å²) < 4.78 is 15.1. The Labute approximate surface area is 175 Å². The Bertz CT molecular complexity index is 966. The fourth-order valence-electron chi connectivity index (χ4n) is 3.69. The van der Waals surface area contributed by atoms with Gasteiger partial charge in [0.25, 0.3) is 0 Å². The van der Waals surface area contributed by atoms with E-state index in [1.165, 1.54) is 12.1 Å². The van der Waals surface area contributed by atoms with E-state index in [1.54, 1.807) is 16.8 Å². The van der Waals surface area contributed by atoms with Gasteiger partial charge >= 0.3 is 0 Å². The molecule has 3 N–H and O–H groups in total. The van der Waals surface area contributed by atoms with Gasteiger partial charge in [-0.05, 0) is 49.2 Å². The van der Waals surface area contributed by atoms with Gasteiger partial charge in [-0.1, -0.05) is 31.0 Å². The lowest BCUT2D eigenvalue weighted by Gasteiger charge is -2.22. The number of rotatable bonds is 5. The fraction of sp³-hybridized carbons (Fsp3) is 0.273. The van der Waals surface area contributed by atoms with Crippen LogP contribution in [-0.2, 0) is 11.3 Å². The van der Waals surface area contributed by atoms with Crippen molar-refractivity contribution in [1.29, 1.82) is 0 Å². The second-order valence-corrected chi connectivity index (χ2v) is 7.34. The fourth-order valence-corrected chi connectivity index (χ4v) is 3.69. The van der Waals surface area contributed by atoms with E-state index in [1.807, 2.05) is 36.5 Å². The van der Waals surface area contributed by atoms with Crippen molar-refractivity contribution in [2.75, 3.05) is 0 Å². The minimum Gasteiger partial charge on any atom is -0.350 e. The summed E-state index contributed by atoms with van der Waals surface area (Å²) in [5, 5.41) is 7.66. The topological polar surface area (TPSA) is 72.9 Å². The van der Waals surface area contributed by atoms with E-state index in [0.717, 1.165) is 29.7 Å². The summed E-state index contributed by atoms with van der Waals surface area (Å²) in [4.78, 5) is 12.6. The van der Waals surface area contributed by atoms with Gasteiger partial charge in [0.2, 0.25) is 5.91 Å². The van der Waals surface area contributed by atoms with Crippen LogP contribution in [-0.4, -0.2) is 21.2 Å². The van der Waals surface area contributed by atoms with E-state index < -0.39 is 5.54 Å². The molecule has 0 bridgehead atoms. The molecule has 3 aromatic rings. The Hall–Kier alpha value is -2.70. The molecule has 29 heavy (non-hydrogen) atoms. The molecule has 4 rings (SSSR count). The van der Waals surface area contributed by atoms with Gasteiger partial charge in [-0.25, -0.2) is 9.07 Å². The number of hydrogen-bond donors (Lipinski definition) is 2. The van der Waals surface area contributed by atoms with Crippen LogP contribution < -0.4 is 11.1 Å². The van der Waals surface area contributed by atoms with Crippen LogP contribution in [0.1, 0.15) is 31.2 Å². The normalized spacial score (nSPS) is 15.0. The summed E-state index contributed by atoms with van der Waals surface area (Å²) in [5.74, 6) is -0.421. The average Bonchev–Trinajstić information content (AvgIpc) is 3.35. The van der Waals surface area contributed by atoms with Crippen molar-refractivity contribution in [3.8, 4) is 16.9 Å². The number of nitrogens with one attached hydrogen (secondary N) is 1. The molecule has 1 amide bonds. The highest BCUT2D eigenvalue weighted by molar-refractivity contribution is 5.86. The van der Waals surface area contributed by atoms with Crippen LogP contribution in [0.3, 0.4) is 0 Å². The third kappa shape index (κ3) is 4.49. The Morgan fingerprint density at radius 1 is 1.10 bits per heavy atom. The van der Waals surface area contributed by atoms with Gasteiger partial charge < -0.3 is 11.1 Å². The highest BCUT2D eigenvalue weighted by Crippen LogP contribution is 2.28. The molecule has 0 atom stereocenters. The van der Waals surface area contributed by atoms with E-state index in [-0.39, 0.29) is 24.1 Å². The predicted molar refractivity (Wildman–Crippen MR) is 113 cm³/mol. The number of nitrogens with zero attached hydrogens (tertiary/aromatic N) is 2. The van der Waals surface area contributed by atoms with E-state index in [9.17, 15) is 9.18 Å². The zero-order chi connectivity index (χ0) is 19.6. The third-order valence-electron chi connectivity index (χ3n) is 5.32. The zero-order valence-electron chi connectivity index (χ0n) is 16.0. The Balaban J connectivity index is 0.00000240. The molecule has 5 nitrogen and oxygen atoms in total. The second kappa shape index (κ2) is 8.76. The van der Waals surface area contributed by atoms with Crippen molar-refractivity contribution < 1.29 is 9.18 Å². The lowest BCUT2D eigenvalue weighted by atomic mass is 9.98. The van der Waals surface area contributed by atoms with E-state index in [2.05, 4.69) is 10.4 Å². The second-order valence-electron chi connectivity index (χ2n) is 7.34. The van der Waals surface area contributed by atoms with Gasteiger partial charge in [0, 0.05) is 23.9 Å². The van der Waals surface area contributed by atoms with E-state index in [4.69, 9.17) is 5.73 Å². The number of nitrogens with two attached hydrogens (primary N) is 1. The maximum absolute atomic E-state index is 13.3. The van der Waals surface area contributed by atoms with Crippen LogP contribution >= 0.6 is 12.4 Å².